The summed E-state index contributed by atoms with van der Waals surface area (Å²) in [5.41, 5.74) is -0.228. The van der Waals surface area contributed by atoms with E-state index in [4.69, 9.17) is 0 Å². The van der Waals surface area contributed by atoms with E-state index in [0.29, 0.717) is 13.0 Å². The highest BCUT2D eigenvalue weighted by Crippen LogP contribution is 2.33. The quantitative estimate of drug-likeness (QED) is 0.705. The first-order valence-corrected chi connectivity index (χ1v) is 6.75. The minimum Gasteiger partial charge on any atom is -0.481 e. The van der Waals surface area contributed by atoms with Crippen LogP contribution < -0.4 is 5.32 Å². The number of aromatic nitrogens is 2. The fraction of sp³-hybridized carbons (Fsp3) is 0.643. The van der Waals surface area contributed by atoms with Crippen molar-refractivity contribution in [3.63, 3.8) is 0 Å². The minimum absolute atomic E-state index is 0.0496. The predicted molar refractivity (Wildman–Crippen MR) is 75.0 cm³/mol. The number of aliphatic carboxylic acids is 1. The zero-order valence-electron chi connectivity index (χ0n) is 12.4. The van der Waals surface area contributed by atoms with E-state index in [-0.39, 0.29) is 11.8 Å². The summed E-state index contributed by atoms with van der Waals surface area (Å²) in [4.78, 5) is 30.5. The van der Waals surface area contributed by atoms with Crippen molar-refractivity contribution in [3.05, 3.63) is 18.2 Å². The number of carbonyl (C=O) groups is 2. The summed E-state index contributed by atoms with van der Waals surface area (Å²) >= 11 is 0. The van der Waals surface area contributed by atoms with E-state index in [1.54, 1.807) is 26.4 Å². The Kier molecular flexibility index (Phi) is 5.30. The van der Waals surface area contributed by atoms with Crippen LogP contribution in [0, 0.1) is 17.3 Å². The largest absolute Gasteiger partial charge is 0.481 e. The summed E-state index contributed by atoms with van der Waals surface area (Å²) in [7, 11) is 0. The van der Waals surface area contributed by atoms with Gasteiger partial charge in [0.05, 0.1) is 23.4 Å². The Labute approximate surface area is 119 Å². The molecule has 1 unspecified atom stereocenters. The number of rotatable bonds is 7. The lowest BCUT2D eigenvalue weighted by Crippen LogP contribution is -2.46. The molecule has 0 radical (unpaired) electrons. The molecular formula is C14H23N3O3. The van der Waals surface area contributed by atoms with Crippen molar-refractivity contribution in [3.8, 4) is 0 Å². The molecule has 20 heavy (non-hydrogen) atoms. The first-order valence-electron chi connectivity index (χ1n) is 6.75. The highest BCUT2D eigenvalue weighted by molar-refractivity contribution is 5.86. The molecule has 0 fully saturated rings. The van der Waals surface area contributed by atoms with E-state index in [1.807, 2.05) is 13.8 Å². The van der Waals surface area contributed by atoms with Crippen LogP contribution in [0.5, 0.6) is 0 Å². The lowest BCUT2D eigenvalue weighted by atomic mass is 9.72. The number of hydrogen-bond acceptors (Lipinski definition) is 3. The van der Waals surface area contributed by atoms with Crippen molar-refractivity contribution in [2.75, 3.05) is 6.54 Å². The lowest BCUT2D eigenvalue weighted by Gasteiger charge is -2.32. The Morgan fingerprint density at radius 1 is 1.45 bits per heavy atom. The maximum atomic E-state index is 12.3. The molecule has 0 aromatic carbocycles. The summed E-state index contributed by atoms with van der Waals surface area (Å²) in [6.07, 6.45) is 3.97. The summed E-state index contributed by atoms with van der Waals surface area (Å²) < 4.78 is 0. The molecule has 112 valence electrons. The van der Waals surface area contributed by atoms with Crippen LogP contribution in [-0.2, 0) is 16.0 Å². The molecule has 0 saturated heterocycles. The lowest BCUT2D eigenvalue weighted by molar-refractivity contribution is -0.155. The Hall–Kier alpha value is -1.85. The van der Waals surface area contributed by atoms with E-state index in [2.05, 4.69) is 15.3 Å². The minimum atomic E-state index is -1.09. The molecule has 0 aliphatic carbocycles. The second-order valence-electron chi connectivity index (χ2n) is 5.85. The van der Waals surface area contributed by atoms with E-state index in [1.165, 1.54) is 0 Å². The first-order chi connectivity index (χ1) is 9.26. The number of carbonyl (C=O) groups excluding carboxylic acids is 1. The van der Waals surface area contributed by atoms with E-state index in [9.17, 15) is 14.7 Å². The molecule has 3 N–H and O–H groups in total. The summed E-state index contributed by atoms with van der Waals surface area (Å²) in [6, 6.07) is 0. The smallest absolute Gasteiger partial charge is 0.309 e. The first kappa shape index (κ1) is 16.2. The molecule has 0 spiro atoms. The van der Waals surface area contributed by atoms with Crippen LogP contribution in [0.2, 0.25) is 0 Å². The van der Waals surface area contributed by atoms with Crippen LogP contribution in [0.15, 0.2) is 12.5 Å². The summed E-state index contributed by atoms with van der Waals surface area (Å²) in [5, 5.41) is 12.1. The van der Waals surface area contributed by atoms with Crippen LogP contribution in [0.25, 0.3) is 0 Å². The average Bonchev–Trinajstić information content (AvgIpc) is 2.80. The molecule has 1 amide bonds. The molecule has 0 aliphatic heterocycles. The molecule has 6 heteroatoms. The monoisotopic (exact) mass is 281 g/mol. The van der Waals surface area contributed by atoms with Gasteiger partial charge < -0.3 is 15.4 Å². The van der Waals surface area contributed by atoms with Gasteiger partial charge in [-0.3, -0.25) is 9.59 Å². The van der Waals surface area contributed by atoms with Crippen LogP contribution in [0.4, 0.5) is 0 Å². The number of amides is 1. The molecule has 1 rings (SSSR count). The number of nitrogens with zero attached hydrogens (tertiary/aromatic N) is 1. The standard InChI is InChI=1S/C14H23N3O3/c1-9(2)11(14(3,4)13(19)20)12(18)16-6-5-10-7-15-8-17-10/h7-9,11H,5-6H2,1-4H3,(H,15,17)(H,16,18)(H,19,20). The molecule has 1 heterocycles. The Morgan fingerprint density at radius 2 is 2.10 bits per heavy atom. The third-order valence-corrected chi connectivity index (χ3v) is 3.51. The maximum absolute atomic E-state index is 12.3. The number of carboxylic acid groups (broad SMARTS) is 1. The van der Waals surface area contributed by atoms with Gasteiger partial charge in [0.15, 0.2) is 0 Å². The van der Waals surface area contributed by atoms with Crippen LogP contribution in [0.1, 0.15) is 33.4 Å². The fourth-order valence-corrected chi connectivity index (χ4v) is 2.45. The number of aromatic amines is 1. The Balaban J connectivity index is 2.63. The molecule has 6 nitrogen and oxygen atoms in total. The maximum Gasteiger partial charge on any atom is 0.309 e. The summed E-state index contributed by atoms with van der Waals surface area (Å²) in [6.45, 7) is 7.36. The average molecular weight is 281 g/mol. The van der Waals surface area contributed by atoms with Crippen molar-refractivity contribution in [1.29, 1.82) is 0 Å². The van der Waals surface area contributed by atoms with Gasteiger partial charge in [-0.05, 0) is 19.8 Å². The number of imidazole rings is 1. The van der Waals surface area contributed by atoms with Crippen LogP contribution in [0.3, 0.4) is 0 Å². The van der Waals surface area contributed by atoms with E-state index < -0.39 is 17.3 Å². The van der Waals surface area contributed by atoms with Gasteiger partial charge in [0.2, 0.25) is 5.91 Å². The second-order valence-corrected chi connectivity index (χ2v) is 5.85. The number of carboxylic acids is 1. The normalized spacial score (nSPS) is 13.2. The second kappa shape index (κ2) is 6.54. The molecule has 1 aromatic rings. The highest BCUT2D eigenvalue weighted by atomic mass is 16.4. The molecule has 0 bridgehead atoms. The third-order valence-electron chi connectivity index (χ3n) is 3.51. The molecule has 0 saturated carbocycles. The van der Waals surface area contributed by atoms with Gasteiger partial charge in [0.1, 0.15) is 0 Å². The Morgan fingerprint density at radius 3 is 2.55 bits per heavy atom. The van der Waals surface area contributed by atoms with Crippen molar-refractivity contribution in [2.45, 2.75) is 34.1 Å². The van der Waals surface area contributed by atoms with Crippen molar-refractivity contribution in [2.24, 2.45) is 17.3 Å². The number of hydrogen-bond donors (Lipinski definition) is 3. The fourth-order valence-electron chi connectivity index (χ4n) is 2.45. The molecule has 1 atom stereocenters. The van der Waals surface area contributed by atoms with Gasteiger partial charge in [0, 0.05) is 19.2 Å². The van der Waals surface area contributed by atoms with E-state index in [0.717, 1.165) is 5.69 Å². The summed E-state index contributed by atoms with van der Waals surface area (Å²) in [5.74, 6) is -1.80. The van der Waals surface area contributed by atoms with Gasteiger partial charge in [-0.1, -0.05) is 13.8 Å². The van der Waals surface area contributed by atoms with Crippen molar-refractivity contribution >= 4 is 11.9 Å². The van der Waals surface area contributed by atoms with Gasteiger partial charge in [-0.2, -0.15) is 0 Å². The van der Waals surface area contributed by atoms with Crippen LogP contribution in [-0.4, -0.2) is 33.5 Å². The van der Waals surface area contributed by atoms with E-state index >= 15 is 0 Å². The Bertz CT molecular complexity index is 452. The molecular weight excluding hydrogens is 258 g/mol. The molecule has 0 aliphatic rings. The van der Waals surface area contributed by atoms with Gasteiger partial charge in [-0.25, -0.2) is 4.98 Å². The third kappa shape index (κ3) is 3.82. The van der Waals surface area contributed by atoms with Crippen molar-refractivity contribution < 1.29 is 14.7 Å². The zero-order valence-corrected chi connectivity index (χ0v) is 12.4. The number of nitrogens with one attached hydrogen (secondary N) is 2. The van der Waals surface area contributed by atoms with Crippen LogP contribution >= 0.6 is 0 Å². The molecule has 1 aromatic heterocycles. The van der Waals surface area contributed by atoms with Gasteiger partial charge in [0.25, 0.3) is 0 Å². The predicted octanol–water partition coefficient (Wildman–Crippen LogP) is 1.45. The van der Waals surface area contributed by atoms with Crippen molar-refractivity contribution in [1.82, 2.24) is 15.3 Å². The topological polar surface area (TPSA) is 95.1 Å². The SMILES string of the molecule is CC(C)C(C(=O)NCCc1c[nH]cn1)C(C)(C)C(=O)O. The highest BCUT2D eigenvalue weighted by Gasteiger charge is 2.42. The zero-order chi connectivity index (χ0) is 15.3. The van der Waals surface area contributed by atoms with Gasteiger partial charge >= 0.3 is 5.97 Å². The number of H-pyrrole nitrogens is 1. The van der Waals surface area contributed by atoms with Gasteiger partial charge in [-0.15, -0.1) is 0 Å².